The predicted octanol–water partition coefficient (Wildman–Crippen LogP) is 3.42. The molecule has 3 rings (SSSR count). The van der Waals surface area contributed by atoms with Gasteiger partial charge < -0.3 is 9.15 Å². The number of rotatable bonds is 3. The molecule has 3 aromatic heterocycles. The molecule has 0 aliphatic carbocycles. The van der Waals surface area contributed by atoms with Crippen LogP contribution in [0, 0.1) is 0 Å². The molecule has 0 aromatic carbocycles. The van der Waals surface area contributed by atoms with Crippen molar-refractivity contribution in [3.8, 4) is 17.3 Å². The van der Waals surface area contributed by atoms with Gasteiger partial charge in [0.25, 0.3) is 0 Å². The van der Waals surface area contributed by atoms with Gasteiger partial charge in [-0.15, -0.1) is 0 Å². The summed E-state index contributed by atoms with van der Waals surface area (Å²) in [6.07, 6.45) is 3.50. The van der Waals surface area contributed by atoms with E-state index in [9.17, 15) is 0 Å². The van der Waals surface area contributed by atoms with Crippen molar-refractivity contribution >= 4 is 11.2 Å². The van der Waals surface area contributed by atoms with Gasteiger partial charge in [0, 0.05) is 12.4 Å². The normalized spacial score (nSPS) is 11.2. The minimum absolute atomic E-state index is 0.370. The molecule has 102 valence electrons. The summed E-state index contributed by atoms with van der Waals surface area (Å²) < 4.78 is 11.0. The second kappa shape index (κ2) is 4.92. The van der Waals surface area contributed by atoms with Crippen LogP contribution < -0.4 is 4.74 Å². The van der Waals surface area contributed by atoms with Crippen molar-refractivity contribution in [2.24, 2.45) is 0 Å². The fraction of sp³-hybridized carbons (Fsp3) is 0.267. The Labute approximate surface area is 116 Å². The van der Waals surface area contributed by atoms with Gasteiger partial charge in [-0.3, -0.25) is 0 Å². The molecule has 0 N–H and O–H groups in total. The molecule has 0 bridgehead atoms. The van der Waals surface area contributed by atoms with Crippen LogP contribution >= 0.6 is 0 Å². The summed E-state index contributed by atoms with van der Waals surface area (Å²) in [4.78, 5) is 12.9. The Bertz CT molecular complexity index is 717. The summed E-state index contributed by atoms with van der Waals surface area (Å²) in [5.41, 5.74) is 3.09. The minimum Gasteiger partial charge on any atom is -0.480 e. The highest BCUT2D eigenvalue weighted by atomic mass is 16.5. The van der Waals surface area contributed by atoms with E-state index in [1.54, 1.807) is 13.3 Å². The first-order valence-electron chi connectivity index (χ1n) is 6.45. The summed E-state index contributed by atoms with van der Waals surface area (Å²) in [5, 5.41) is 0. The Hall–Kier alpha value is -2.43. The van der Waals surface area contributed by atoms with Gasteiger partial charge in [-0.2, -0.15) is 4.98 Å². The average Bonchev–Trinajstić information content (AvgIpc) is 2.90. The number of hydrogen-bond donors (Lipinski definition) is 0. The number of aromatic nitrogens is 3. The van der Waals surface area contributed by atoms with Crippen LogP contribution in [-0.2, 0) is 0 Å². The second-order valence-electron chi connectivity index (χ2n) is 4.82. The molecule has 0 saturated carbocycles. The van der Waals surface area contributed by atoms with Crippen molar-refractivity contribution in [1.82, 2.24) is 15.0 Å². The average molecular weight is 269 g/mol. The Morgan fingerprint density at radius 1 is 1.25 bits per heavy atom. The number of pyridine rings is 2. The lowest BCUT2D eigenvalue weighted by Crippen LogP contribution is -1.96. The first kappa shape index (κ1) is 12.6. The first-order chi connectivity index (χ1) is 9.69. The molecule has 0 radical (unpaired) electrons. The molecular weight excluding hydrogens is 254 g/mol. The third-order valence-corrected chi connectivity index (χ3v) is 3.13. The SMILES string of the molecule is COc1ncc(C(C)C)cc1-c1nc2ncccc2o1. The smallest absolute Gasteiger partial charge is 0.234 e. The lowest BCUT2D eigenvalue weighted by Gasteiger charge is -2.09. The molecule has 0 fully saturated rings. The summed E-state index contributed by atoms with van der Waals surface area (Å²) in [7, 11) is 1.59. The van der Waals surface area contributed by atoms with E-state index >= 15 is 0 Å². The largest absolute Gasteiger partial charge is 0.480 e. The Morgan fingerprint density at radius 2 is 2.10 bits per heavy atom. The van der Waals surface area contributed by atoms with Gasteiger partial charge in [-0.1, -0.05) is 13.8 Å². The Kier molecular flexibility index (Phi) is 3.10. The van der Waals surface area contributed by atoms with Gasteiger partial charge in [0.15, 0.2) is 11.2 Å². The van der Waals surface area contributed by atoms with Crippen molar-refractivity contribution in [3.63, 3.8) is 0 Å². The van der Waals surface area contributed by atoms with E-state index in [0.717, 1.165) is 11.1 Å². The molecule has 20 heavy (non-hydrogen) atoms. The molecule has 0 unspecified atom stereocenters. The van der Waals surface area contributed by atoms with E-state index in [0.29, 0.717) is 28.9 Å². The van der Waals surface area contributed by atoms with Gasteiger partial charge >= 0.3 is 0 Å². The fourth-order valence-electron chi connectivity index (χ4n) is 1.98. The van der Waals surface area contributed by atoms with Gasteiger partial charge in [-0.05, 0) is 29.7 Å². The van der Waals surface area contributed by atoms with Crippen LogP contribution in [-0.4, -0.2) is 22.1 Å². The Morgan fingerprint density at radius 3 is 2.80 bits per heavy atom. The number of oxazole rings is 1. The van der Waals surface area contributed by atoms with Crippen LogP contribution in [0.2, 0.25) is 0 Å². The van der Waals surface area contributed by atoms with Gasteiger partial charge in [0.05, 0.1) is 12.7 Å². The molecule has 3 aromatic rings. The molecule has 0 saturated heterocycles. The van der Waals surface area contributed by atoms with Crippen molar-refractivity contribution in [1.29, 1.82) is 0 Å². The van der Waals surface area contributed by atoms with E-state index in [2.05, 4.69) is 28.8 Å². The lowest BCUT2D eigenvalue weighted by atomic mass is 10.0. The van der Waals surface area contributed by atoms with Gasteiger partial charge in [-0.25, -0.2) is 9.97 Å². The summed E-state index contributed by atoms with van der Waals surface area (Å²) in [6, 6.07) is 5.66. The third kappa shape index (κ3) is 2.11. The van der Waals surface area contributed by atoms with E-state index < -0.39 is 0 Å². The van der Waals surface area contributed by atoms with Crippen LogP contribution in [0.5, 0.6) is 5.88 Å². The third-order valence-electron chi connectivity index (χ3n) is 3.13. The highest BCUT2D eigenvalue weighted by molar-refractivity contribution is 5.73. The van der Waals surface area contributed by atoms with Crippen molar-refractivity contribution in [2.75, 3.05) is 7.11 Å². The first-order valence-corrected chi connectivity index (χ1v) is 6.45. The molecule has 0 amide bonds. The van der Waals surface area contributed by atoms with E-state index in [-0.39, 0.29) is 0 Å². The molecule has 5 nitrogen and oxygen atoms in total. The van der Waals surface area contributed by atoms with Crippen molar-refractivity contribution < 1.29 is 9.15 Å². The van der Waals surface area contributed by atoms with E-state index in [1.165, 1.54) is 0 Å². The summed E-state index contributed by atoms with van der Waals surface area (Å²) >= 11 is 0. The van der Waals surface area contributed by atoms with Gasteiger partial charge in [0.2, 0.25) is 11.8 Å². The zero-order valence-electron chi connectivity index (χ0n) is 11.6. The molecule has 0 atom stereocenters. The Balaban J connectivity index is 2.18. The standard InChI is InChI=1S/C15H15N3O2/c1-9(2)10-7-11(14(19-3)17-8-10)15-18-13-12(20-15)5-4-6-16-13/h4-9H,1-3H3. The maximum absolute atomic E-state index is 5.74. The van der Waals surface area contributed by atoms with Crippen LogP contribution in [0.25, 0.3) is 22.7 Å². The van der Waals surface area contributed by atoms with Gasteiger partial charge in [0.1, 0.15) is 0 Å². The van der Waals surface area contributed by atoms with E-state index in [1.807, 2.05) is 24.4 Å². The maximum Gasteiger partial charge on any atom is 0.234 e. The lowest BCUT2D eigenvalue weighted by molar-refractivity contribution is 0.397. The molecule has 0 aliphatic heterocycles. The highest BCUT2D eigenvalue weighted by Gasteiger charge is 2.16. The fourth-order valence-corrected chi connectivity index (χ4v) is 1.98. The highest BCUT2D eigenvalue weighted by Crippen LogP contribution is 2.31. The van der Waals surface area contributed by atoms with Crippen molar-refractivity contribution in [3.05, 3.63) is 36.2 Å². The predicted molar refractivity (Wildman–Crippen MR) is 75.7 cm³/mol. The van der Waals surface area contributed by atoms with Crippen molar-refractivity contribution in [2.45, 2.75) is 19.8 Å². The summed E-state index contributed by atoms with van der Waals surface area (Å²) in [5.74, 6) is 1.35. The zero-order valence-corrected chi connectivity index (χ0v) is 11.6. The monoisotopic (exact) mass is 269 g/mol. The molecular formula is C15H15N3O2. The number of nitrogens with zero attached hydrogens (tertiary/aromatic N) is 3. The van der Waals surface area contributed by atoms with Crippen LogP contribution in [0.15, 0.2) is 35.0 Å². The minimum atomic E-state index is 0.370. The second-order valence-corrected chi connectivity index (χ2v) is 4.82. The molecule has 0 spiro atoms. The number of hydrogen-bond acceptors (Lipinski definition) is 5. The number of ether oxygens (including phenoxy) is 1. The zero-order chi connectivity index (χ0) is 14.1. The molecule has 0 aliphatic rings. The van der Waals surface area contributed by atoms with Crippen LogP contribution in [0.1, 0.15) is 25.3 Å². The number of fused-ring (bicyclic) bond motifs is 1. The topological polar surface area (TPSA) is 61.0 Å². The van der Waals surface area contributed by atoms with Crippen LogP contribution in [0.3, 0.4) is 0 Å². The molecule has 5 heteroatoms. The number of methoxy groups -OCH3 is 1. The molecule has 3 heterocycles. The quantitative estimate of drug-likeness (QED) is 0.729. The van der Waals surface area contributed by atoms with Crippen LogP contribution in [0.4, 0.5) is 0 Å². The maximum atomic E-state index is 5.74. The van der Waals surface area contributed by atoms with E-state index in [4.69, 9.17) is 9.15 Å². The summed E-state index contributed by atoms with van der Waals surface area (Å²) in [6.45, 7) is 4.22.